The maximum atomic E-state index is 9.50. The summed E-state index contributed by atoms with van der Waals surface area (Å²) in [5.74, 6) is 1.13. The minimum Gasteiger partial charge on any atom is -0.390 e. The van der Waals surface area contributed by atoms with Crippen LogP contribution in [0.15, 0.2) is 0 Å². The summed E-state index contributed by atoms with van der Waals surface area (Å²) in [6.45, 7) is 2.11. The van der Waals surface area contributed by atoms with Crippen molar-refractivity contribution in [3.05, 3.63) is 0 Å². The Labute approximate surface area is 61.0 Å². The Morgan fingerprint density at radius 3 is 2.78 bits per heavy atom. The minimum atomic E-state index is -0.365. The Balaban J connectivity index is 2.25. The molecule has 0 spiro atoms. The fraction of sp³-hybridized carbons (Fsp3) is 1.00. The van der Waals surface area contributed by atoms with Crippen LogP contribution in [0, 0.1) is 5.92 Å². The Hall–Kier alpha value is 0.250. The number of hydrogen-bond donors (Lipinski definition) is 1. The Morgan fingerprint density at radius 2 is 2.44 bits per heavy atom. The van der Waals surface area contributed by atoms with Crippen molar-refractivity contribution >= 4 is 11.6 Å². The third kappa shape index (κ3) is 1.39. The van der Waals surface area contributed by atoms with Gasteiger partial charge in [0.25, 0.3) is 0 Å². The summed E-state index contributed by atoms with van der Waals surface area (Å²) in [6.07, 6.45) is 2.83. The molecule has 0 aromatic carbocycles. The minimum absolute atomic E-state index is 0.365. The van der Waals surface area contributed by atoms with E-state index in [-0.39, 0.29) is 5.60 Å². The molecule has 0 radical (unpaired) electrons. The first kappa shape index (κ1) is 7.36. The molecule has 1 aliphatic carbocycles. The summed E-state index contributed by atoms with van der Waals surface area (Å²) >= 11 is 5.49. The van der Waals surface area contributed by atoms with Gasteiger partial charge in [0.15, 0.2) is 0 Å². The molecule has 0 aliphatic heterocycles. The van der Waals surface area contributed by atoms with E-state index in [1.165, 1.54) is 0 Å². The second-order valence-electron chi connectivity index (χ2n) is 2.85. The highest BCUT2D eigenvalue weighted by Gasteiger charge is 2.50. The molecule has 1 nitrogen and oxygen atoms in total. The number of rotatable bonds is 3. The van der Waals surface area contributed by atoms with Crippen molar-refractivity contribution in [1.29, 1.82) is 0 Å². The molecule has 0 aromatic heterocycles. The fourth-order valence-corrected chi connectivity index (χ4v) is 1.69. The Bertz CT molecular complexity index is 105. The van der Waals surface area contributed by atoms with Crippen LogP contribution >= 0.6 is 11.6 Å². The van der Waals surface area contributed by atoms with Gasteiger partial charge in [-0.2, -0.15) is 0 Å². The SMILES string of the molecule is CC[C@@H]1C[C@]1(O)CCCl. The third-order valence-corrected chi connectivity index (χ3v) is 2.41. The molecule has 0 heterocycles. The molecule has 1 aliphatic rings. The van der Waals surface area contributed by atoms with Gasteiger partial charge in [0.2, 0.25) is 0 Å². The van der Waals surface area contributed by atoms with Crippen LogP contribution < -0.4 is 0 Å². The highest BCUT2D eigenvalue weighted by atomic mass is 35.5. The maximum Gasteiger partial charge on any atom is 0.0691 e. The lowest BCUT2D eigenvalue weighted by Gasteiger charge is -2.04. The third-order valence-electron chi connectivity index (χ3n) is 2.22. The van der Waals surface area contributed by atoms with Gasteiger partial charge in [-0.3, -0.25) is 0 Å². The van der Waals surface area contributed by atoms with Crippen molar-refractivity contribution < 1.29 is 5.11 Å². The zero-order valence-corrected chi connectivity index (χ0v) is 6.49. The molecule has 0 amide bonds. The molecule has 54 valence electrons. The number of hydrogen-bond acceptors (Lipinski definition) is 1. The molecule has 1 N–H and O–H groups in total. The fourth-order valence-electron chi connectivity index (χ4n) is 1.36. The monoisotopic (exact) mass is 148 g/mol. The van der Waals surface area contributed by atoms with Gasteiger partial charge >= 0.3 is 0 Å². The highest BCUT2D eigenvalue weighted by Crippen LogP contribution is 2.48. The molecule has 0 aromatic rings. The van der Waals surface area contributed by atoms with Crippen molar-refractivity contribution in [1.82, 2.24) is 0 Å². The zero-order chi connectivity index (χ0) is 6.91. The zero-order valence-electron chi connectivity index (χ0n) is 5.73. The largest absolute Gasteiger partial charge is 0.390 e. The molecular weight excluding hydrogens is 136 g/mol. The molecule has 0 bridgehead atoms. The van der Waals surface area contributed by atoms with E-state index in [1.54, 1.807) is 0 Å². The van der Waals surface area contributed by atoms with E-state index in [0.29, 0.717) is 11.8 Å². The van der Waals surface area contributed by atoms with Crippen LogP contribution in [-0.2, 0) is 0 Å². The van der Waals surface area contributed by atoms with Crippen LogP contribution in [0.4, 0.5) is 0 Å². The average Bonchev–Trinajstić information content (AvgIpc) is 2.43. The first-order valence-electron chi connectivity index (χ1n) is 3.51. The molecule has 0 unspecified atom stereocenters. The summed E-state index contributed by atoms with van der Waals surface area (Å²) < 4.78 is 0. The van der Waals surface area contributed by atoms with Gasteiger partial charge in [-0.15, -0.1) is 11.6 Å². The summed E-state index contributed by atoms with van der Waals surface area (Å²) in [5.41, 5.74) is -0.365. The average molecular weight is 149 g/mol. The molecule has 1 saturated carbocycles. The summed E-state index contributed by atoms with van der Waals surface area (Å²) in [6, 6.07) is 0. The Morgan fingerprint density at radius 1 is 1.78 bits per heavy atom. The van der Waals surface area contributed by atoms with E-state index < -0.39 is 0 Å². The smallest absolute Gasteiger partial charge is 0.0691 e. The van der Waals surface area contributed by atoms with Gasteiger partial charge < -0.3 is 5.11 Å². The van der Waals surface area contributed by atoms with E-state index in [4.69, 9.17) is 11.6 Å². The lowest BCUT2D eigenvalue weighted by atomic mass is 10.2. The van der Waals surface area contributed by atoms with Crippen molar-refractivity contribution in [2.75, 3.05) is 5.88 Å². The first-order chi connectivity index (χ1) is 4.23. The molecule has 2 atom stereocenters. The van der Waals surface area contributed by atoms with E-state index in [0.717, 1.165) is 19.3 Å². The van der Waals surface area contributed by atoms with Crippen molar-refractivity contribution in [3.8, 4) is 0 Å². The number of aliphatic hydroxyl groups is 1. The van der Waals surface area contributed by atoms with Gasteiger partial charge in [0, 0.05) is 5.88 Å². The van der Waals surface area contributed by atoms with E-state index >= 15 is 0 Å². The van der Waals surface area contributed by atoms with Gasteiger partial charge in [-0.05, 0) is 18.8 Å². The lowest BCUT2D eigenvalue weighted by Crippen LogP contribution is -2.10. The summed E-state index contributed by atoms with van der Waals surface area (Å²) in [7, 11) is 0. The van der Waals surface area contributed by atoms with Gasteiger partial charge in [-0.1, -0.05) is 13.3 Å². The second-order valence-corrected chi connectivity index (χ2v) is 3.23. The summed E-state index contributed by atoms with van der Waals surface area (Å²) in [5, 5.41) is 9.50. The van der Waals surface area contributed by atoms with E-state index in [1.807, 2.05) is 0 Å². The molecule has 9 heavy (non-hydrogen) atoms. The van der Waals surface area contributed by atoms with Crippen LogP contribution in [0.1, 0.15) is 26.2 Å². The van der Waals surface area contributed by atoms with Gasteiger partial charge in [0.05, 0.1) is 5.60 Å². The quantitative estimate of drug-likeness (QED) is 0.605. The first-order valence-corrected chi connectivity index (χ1v) is 4.04. The normalized spacial score (nSPS) is 41.0. The molecular formula is C7H13ClO. The van der Waals surface area contributed by atoms with Crippen molar-refractivity contribution in [2.24, 2.45) is 5.92 Å². The van der Waals surface area contributed by atoms with Gasteiger partial charge in [0.1, 0.15) is 0 Å². The Kier molecular flexibility index (Phi) is 2.02. The summed E-state index contributed by atoms with van der Waals surface area (Å²) in [4.78, 5) is 0. The topological polar surface area (TPSA) is 20.2 Å². The number of halogens is 1. The van der Waals surface area contributed by atoms with Crippen LogP contribution in [0.5, 0.6) is 0 Å². The van der Waals surface area contributed by atoms with Crippen LogP contribution in [0.25, 0.3) is 0 Å². The van der Waals surface area contributed by atoms with Crippen LogP contribution in [-0.4, -0.2) is 16.6 Å². The molecule has 1 rings (SSSR count). The van der Waals surface area contributed by atoms with Crippen molar-refractivity contribution in [3.63, 3.8) is 0 Å². The van der Waals surface area contributed by atoms with Crippen LogP contribution in [0.3, 0.4) is 0 Å². The van der Waals surface area contributed by atoms with E-state index in [2.05, 4.69) is 6.92 Å². The molecule has 0 saturated heterocycles. The van der Waals surface area contributed by atoms with E-state index in [9.17, 15) is 5.11 Å². The van der Waals surface area contributed by atoms with Crippen LogP contribution in [0.2, 0.25) is 0 Å². The number of alkyl halides is 1. The highest BCUT2D eigenvalue weighted by molar-refractivity contribution is 6.17. The maximum absolute atomic E-state index is 9.50. The predicted molar refractivity (Wildman–Crippen MR) is 38.7 cm³/mol. The second kappa shape index (κ2) is 2.47. The predicted octanol–water partition coefficient (Wildman–Crippen LogP) is 1.78. The molecule has 2 heteroatoms. The lowest BCUT2D eigenvalue weighted by molar-refractivity contribution is 0.127. The molecule has 1 fully saturated rings. The van der Waals surface area contributed by atoms with Crippen molar-refractivity contribution in [2.45, 2.75) is 31.8 Å². The standard InChI is InChI=1S/C7H13ClO/c1-2-6-5-7(6,9)3-4-8/h6,9H,2-5H2,1H3/t6-,7-/m1/s1. The van der Waals surface area contributed by atoms with Gasteiger partial charge in [-0.25, -0.2) is 0 Å².